The van der Waals surface area contributed by atoms with Crippen molar-refractivity contribution in [2.24, 2.45) is 5.73 Å². The first-order chi connectivity index (χ1) is 6.65. The van der Waals surface area contributed by atoms with Gasteiger partial charge in [0.2, 0.25) is 0 Å². The van der Waals surface area contributed by atoms with Gasteiger partial charge in [-0.1, -0.05) is 0 Å². The van der Waals surface area contributed by atoms with Gasteiger partial charge >= 0.3 is 0 Å². The molecule has 1 saturated heterocycles. The minimum atomic E-state index is 0.651. The molecule has 3 nitrogen and oxygen atoms in total. The second kappa shape index (κ2) is 5.69. The number of rotatable bonds is 4. The molecule has 1 rings (SSSR count). The number of likely N-dealkylation sites (N-methyl/N-ethyl adjacent to an activating group) is 1. The molecule has 0 radical (unpaired) electrons. The number of hydrogen-bond acceptors (Lipinski definition) is 3. The zero-order valence-electron chi connectivity index (χ0n) is 9.87. The van der Waals surface area contributed by atoms with E-state index < -0.39 is 0 Å². The van der Waals surface area contributed by atoms with Crippen molar-refractivity contribution in [3.63, 3.8) is 0 Å². The summed E-state index contributed by atoms with van der Waals surface area (Å²) in [6.07, 6.45) is 2.66. The van der Waals surface area contributed by atoms with Gasteiger partial charge in [0.15, 0.2) is 0 Å². The van der Waals surface area contributed by atoms with E-state index in [0.717, 1.165) is 19.1 Å². The Morgan fingerprint density at radius 1 is 1.50 bits per heavy atom. The van der Waals surface area contributed by atoms with Gasteiger partial charge in [-0.15, -0.1) is 0 Å². The van der Waals surface area contributed by atoms with E-state index in [1.807, 2.05) is 0 Å². The normalized spacial score (nSPS) is 24.9. The molecule has 1 atom stereocenters. The first-order valence-corrected chi connectivity index (χ1v) is 5.79. The van der Waals surface area contributed by atoms with E-state index in [-0.39, 0.29) is 0 Å². The molecule has 0 bridgehead atoms. The fourth-order valence-electron chi connectivity index (χ4n) is 2.17. The third-order valence-electron chi connectivity index (χ3n) is 3.32. The Labute approximate surface area is 88.2 Å². The highest BCUT2D eigenvalue weighted by Gasteiger charge is 2.23. The van der Waals surface area contributed by atoms with E-state index >= 15 is 0 Å². The van der Waals surface area contributed by atoms with Crippen LogP contribution >= 0.6 is 0 Å². The molecular weight excluding hydrogens is 174 g/mol. The number of piperidine rings is 1. The Balaban J connectivity index is 2.39. The summed E-state index contributed by atoms with van der Waals surface area (Å²) in [6, 6.07) is 1.38. The van der Waals surface area contributed by atoms with Crippen molar-refractivity contribution < 1.29 is 0 Å². The molecule has 0 aromatic heterocycles. The summed E-state index contributed by atoms with van der Waals surface area (Å²) in [6.45, 7) is 8.82. The molecular formula is C11H25N3. The van der Waals surface area contributed by atoms with Crippen LogP contribution in [0.4, 0.5) is 0 Å². The van der Waals surface area contributed by atoms with Crippen molar-refractivity contribution in [1.82, 2.24) is 9.80 Å². The molecule has 0 amide bonds. The standard InChI is InChI=1S/C11H25N3/c1-10(2)13(3)11-5-4-7-14(9-11)8-6-12/h10-11H,4-9,12H2,1-3H3/t11-/m1/s1. The van der Waals surface area contributed by atoms with Crippen LogP contribution in [0.5, 0.6) is 0 Å². The largest absolute Gasteiger partial charge is 0.329 e. The molecule has 84 valence electrons. The number of likely N-dealkylation sites (tertiary alicyclic amines) is 1. The summed E-state index contributed by atoms with van der Waals surface area (Å²) in [4.78, 5) is 4.98. The Kier molecular flexibility index (Phi) is 4.85. The zero-order chi connectivity index (χ0) is 10.6. The van der Waals surface area contributed by atoms with E-state index in [2.05, 4.69) is 30.7 Å². The third kappa shape index (κ3) is 3.23. The molecule has 0 aliphatic carbocycles. The second-order valence-corrected chi connectivity index (χ2v) is 4.64. The highest BCUT2D eigenvalue weighted by molar-refractivity contribution is 4.80. The third-order valence-corrected chi connectivity index (χ3v) is 3.32. The van der Waals surface area contributed by atoms with Gasteiger partial charge in [0.25, 0.3) is 0 Å². The summed E-state index contributed by atoms with van der Waals surface area (Å²) in [5.41, 5.74) is 5.59. The molecule has 0 saturated carbocycles. The maximum Gasteiger partial charge on any atom is 0.0223 e. The maximum atomic E-state index is 5.59. The molecule has 0 spiro atoms. The summed E-state index contributed by atoms with van der Waals surface area (Å²) in [7, 11) is 2.24. The van der Waals surface area contributed by atoms with Crippen LogP contribution in [-0.2, 0) is 0 Å². The van der Waals surface area contributed by atoms with E-state index in [1.54, 1.807) is 0 Å². The van der Waals surface area contributed by atoms with Crippen molar-refractivity contribution in [3.8, 4) is 0 Å². The molecule has 1 fully saturated rings. The van der Waals surface area contributed by atoms with Crippen LogP contribution in [0.1, 0.15) is 26.7 Å². The van der Waals surface area contributed by atoms with Gasteiger partial charge in [0, 0.05) is 31.7 Å². The lowest BCUT2D eigenvalue weighted by Gasteiger charge is -2.39. The second-order valence-electron chi connectivity index (χ2n) is 4.64. The van der Waals surface area contributed by atoms with Crippen LogP contribution in [0.15, 0.2) is 0 Å². The van der Waals surface area contributed by atoms with Gasteiger partial charge in [-0.05, 0) is 40.3 Å². The molecule has 0 aromatic carbocycles. The molecule has 1 aliphatic heterocycles. The molecule has 2 N–H and O–H groups in total. The van der Waals surface area contributed by atoms with Crippen LogP contribution < -0.4 is 5.73 Å². The Morgan fingerprint density at radius 2 is 2.21 bits per heavy atom. The average molecular weight is 199 g/mol. The highest BCUT2D eigenvalue weighted by Crippen LogP contribution is 2.15. The molecule has 1 heterocycles. The van der Waals surface area contributed by atoms with Gasteiger partial charge in [0.1, 0.15) is 0 Å². The highest BCUT2D eigenvalue weighted by atomic mass is 15.2. The molecule has 3 heteroatoms. The van der Waals surface area contributed by atoms with Crippen LogP contribution in [0.3, 0.4) is 0 Å². The van der Waals surface area contributed by atoms with E-state index in [0.29, 0.717) is 6.04 Å². The zero-order valence-corrected chi connectivity index (χ0v) is 9.87. The number of nitrogens with zero attached hydrogens (tertiary/aromatic N) is 2. The van der Waals surface area contributed by atoms with Gasteiger partial charge in [0.05, 0.1) is 0 Å². The number of hydrogen-bond donors (Lipinski definition) is 1. The molecule has 14 heavy (non-hydrogen) atoms. The summed E-state index contributed by atoms with van der Waals surface area (Å²) >= 11 is 0. The topological polar surface area (TPSA) is 32.5 Å². The monoisotopic (exact) mass is 199 g/mol. The molecule has 0 unspecified atom stereocenters. The first-order valence-electron chi connectivity index (χ1n) is 5.79. The van der Waals surface area contributed by atoms with Gasteiger partial charge in [-0.3, -0.25) is 4.90 Å². The lowest BCUT2D eigenvalue weighted by atomic mass is 10.0. The van der Waals surface area contributed by atoms with Gasteiger partial charge in [-0.2, -0.15) is 0 Å². The quantitative estimate of drug-likeness (QED) is 0.725. The summed E-state index contributed by atoms with van der Waals surface area (Å²) in [5, 5.41) is 0. The lowest BCUT2D eigenvalue weighted by Crippen LogP contribution is -2.49. The first kappa shape index (κ1) is 12.0. The van der Waals surface area contributed by atoms with Crippen LogP contribution in [0.2, 0.25) is 0 Å². The van der Waals surface area contributed by atoms with E-state index in [1.165, 1.54) is 25.9 Å². The summed E-state index contributed by atoms with van der Waals surface area (Å²) < 4.78 is 0. The van der Waals surface area contributed by atoms with Gasteiger partial charge in [-0.25, -0.2) is 0 Å². The number of nitrogens with two attached hydrogens (primary N) is 1. The molecule has 1 aliphatic rings. The smallest absolute Gasteiger partial charge is 0.0223 e. The minimum absolute atomic E-state index is 0.651. The molecule has 0 aromatic rings. The Hall–Kier alpha value is -0.120. The fraction of sp³-hybridized carbons (Fsp3) is 1.00. The minimum Gasteiger partial charge on any atom is -0.329 e. The van der Waals surface area contributed by atoms with Crippen molar-refractivity contribution in [1.29, 1.82) is 0 Å². The Bertz CT molecular complexity index is 157. The van der Waals surface area contributed by atoms with Crippen molar-refractivity contribution in [2.45, 2.75) is 38.8 Å². The van der Waals surface area contributed by atoms with Crippen molar-refractivity contribution in [3.05, 3.63) is 0 Å². The van der Waals surface area contributed by atoms with Crippen molar-refractivity contribution >= 4 is 0 Å². The van der Waals surface area contributed by atoms with E-state index in [4.69, 9.17) is 5.73 Å². The SMILES string of the molecule is CC(C)N(C)[C@@H]1CCCN(CCN)C1. The maximum absolute atomic E-state index is 5.59. The average Bonchev–Trinajstić information content (AvgIpc) is 2.17. The van der Waals surface area contributed by atoms with Crippen LogP contribution in [0.25, 0.3) is 0 Å². The lowest BCUT2D eigenvalue weighted by molar-refractivity contribution is 0.0982. The van der Waals surface area contributed by atoms with Crippen LogP contribution in [0, 0.1) is 0 Å². The van der Waals surface area contributed by atoms with E-state index in [9.17, 15) is 0 Å². The van der Waals surface area contributed by atoms with Gasteiger partial charge < -0.3 is 10.6 Å². The van der Waals surface area contributed by atoms with Crippen molar-refractivity contribution in [2.75, 3.05) is 33.2 Å². The predicted molar refractivity (Wildman–Crippen MR) is 61.4 cm³/mol. The summed E-state index contributed by atoms with van der Waals surface area (Å²) in [5.74, 6) is 0. The van der Waals surface area contributed by atoms with Crippen LogP contribution in [-0.4, -0.2) is 55.1 Å². The Morgan fingerprint density at radius 3 is 2.79 bits per heavy atom. The fourth-order valence-corrected chi connectivity index (χ4v) is 2.17. The predicted octanol–water partition coefficient (Wildman–Crippen LogP) is 0.750.